The zero-order valence-corrected chi connectivity index (χ0v) is 11.0. The summed E-state index contributed by atoms with van der Waals surface area (Å²) in [5.41, 5.74) is -1.56. The smallest absolute Gasteiger partial charge is 0.329 e. The molecule has 110 valence electrons. The minimum Gasteiger partial charge on any atom is -0.329 e. The van der Waals surface area contributed by atoms with Crippen LogP contribution in [0.2, 0.25) is 5.02 Å². The van der Waals surface area contributed by atoms with Crippen LogP contribution in [0.4, 0.5) is 18.9 Å². The highest BCUT2D eigenvalue weighted by molar-refractivity contribution is 6.31. The molecule has 21 heavy (non-hydrogen) atoms. The van der Waals surface area contributed by atoms with Crippen LogP contribution in [0.25, 0.3) is 0 Å². The van der Waals surface area contributed by atoms with E-state index in [-0.39, 0.29) is 16.3 Å². The van der Waals surface area contributed by atoms with Crippen molar-refractivity contribution in [3.05, 3.63) is 63.0 Å². The Bertz CT molecular complexity index is 741. The summed E-state index contributed by atoms with van der Waals surface area (Å²) in [6.45, 7) is 0. The molecule has 0 bridgehead atoms. The molecule has 0 spiro atoms. The van der Waals surface area contributed by atoms with Gasteiger partial charge in [0.05, 0.1) is 5.56 Å². The Labute approximate surface area is 121 Å². The molecule has 2 N–H and O–H groups in total. The van der Waals surface area contributed by atoms with E-state index in [0.29, 0.717) is 0 Å². The molecule has 2 rings (SSSR count). The number of hydrogen-bond acceptors (Lipinski definition) is 2. The molecule has 0 atom stereocenters. The number of alkyl halides is 3. The zero-order valence-electron chi connectivity index (χ0n) is 10.3. The summed E-state index contributed by atoms with van der Waals surface area (Å²) < 4.78 is 37.9. The highest BCUT2D eigenvalue weighted by Gasteiger charge is 2.31. The van der Waals surface area contributed by atoms with E-state index >= 15 is 0 Å². The van der Waals surface area contributed by atoms with Gasteiger partial charge in [0, 0.05) is 28.5 Å². The van der Waals surface area contributed by atoms with Crippen LogP contribution in [0, 0.1) is 0 Å². The standard InChI is InChI=1S/C13H8ClF3N2O2/c14-9-4-8(13(15,16)17)5-10(6-9)19-12(21)7-1-2-18-11(20)3-7/h1-6H,(H,18,20)(H,19,21). The Balaban J connectivity index is 2.29. The summed E-state index contributed by atoms with van der Waals surface area (Å²) in [4.78, 5) is 25.3. The van der Waals surface area contributed by atoms with Crippen molar-refractivity contribution >= 4 is 23.2 Å². The predicted molar refractivity (Wildman–Crippen MR) is 71.5 cm³/mol. The molecular formula is C13H8ClF3N2O2. The number of H-pyrrole nitrogens is 1. The maximum absolute atomic E-state index is 12.6. The highest BCUT2D eigenvalue weighted by atomic mass is 35.5. The van der Waals surface area contributed by atoms with Crippen LogP contribution in [0.1, 0.15) is 15.9 Å². The number of pyridine rings is 1. The number of halogens is 4. The highest BCUT2D eigenvalue weighted by Crippen LogP contribution is 2.33. The van der Waals surface area contributed by atoms with Crippen molar-refractivity contribution in [3.8, 4) is 0 Å². The van der Waals surface area contributed by atoms with E-state index in [1.807, 2.05) is 0 Å². The maximum Gasteiger partial charge on any atom is 0.416 e. The number of aromatic nitrogens is 1. The molecule has 0 saturated carbocycles. The van der Waals surface area contributed by atoms with Gasteiger partial charge in [0.15, 0.2) is 0 Å². The number of rotatable bonds is 2. The minimum absolute atomic E-state index is 0.0206. The molecule has 1 heterocycles. The largest absolute Gasteiger partial charge is 0.416 e. The monoisotopic (exact) mass is 316 g/mol. The van der Waals surface area contributed by atoms with Gasteiger partial charge in [0.1, 0.15) is 0 Å². The van der Waals surface area contributed by atoms with E-state index in [4.69, 9.17) is 11.6 Å². The molecule has 0 radical (unpaired) electrons. The fraction of sp³-hybridized carbons (Fsp3) is 0.0769. The number of amides is 1. The summed E-state index contributed by atoms with van der Waals surface area (Å²) in [5, 5.41) is 2.10. The van der Waals surface area contributed by atoms with Gasteiger partial charge in [-0.1, -0.05) is 11.6 Å². The van der Waals surface area contributed by atoms with Crippen LogP contribution in [0.3, 0.4) is 0 Å². The lowest BCUT2D eigenvalue weighted by atomic mass is 10.2. The third-order valence-electron chi connectivity index (χ3n) is 2.52. The van der Waals surface area contributed by atoms with Gasteiger partial charge in [-0.2, -0.15) is 13.2 Å². The van der Waals surface area contributed by atoms with Crippen LogP contribution in [-0.2, 0) is 6.18 Å². The Morgan fingerprint density at radius 2 is 1.90 bits per heavy atom. The maximum atomic E-state index is 12.6. The lowest BCUT2D eigenvalue weighted by Crippen LogP contribution is -2.16. The van der Waals surface area contributed by atoms with Gasteiger partial charge in [-0.25, -0.2) is 0 Å². The molecule has 0 unspecified atom stereocenters. The lowest BCUT2D eigenvalue weighted by Gasteiger charge is -2.11. The van der Waals surface area contributed by atoms with Crippen molar-refractivity contribution in [2.45, 2.75) is 6.18 Å². The summed E-state index contributed by atoms with van der Waals surface area (Å²) >= 11 is 5.60. The molecule has 0 aliphatic carbocycles. The van der Waals surface area contributed by atoms with E-state index in [0.717, 1.165) is 18.2 Å². The third-order valence-corrected chi connectivity index (χ3v) is 2.74. The first-order valence-corrected chi connectivity index (χ1v) is 6.01. The first-order valence-electron chi connectivity index (χ1n) is 5.63. The van der Waals surface area contributed by atoms with Crippen molar-refractivity contribution < 1.29 is 18.0 Å². The van der Waals surface area contributed by atoms with Gasteiger partial charge in [-0.3, -0.25) is 9.59 Å². The Kier molecular flexibility index (Phi) is 4.04. The average molecular weight is 317 g/mol. The second-order valence-corrected chi connectivity index (χ2v) is 4.56. The van der Waals surface area contributed by atoms with Crippen molar-refractivity contribution in [1.29, 1.82) is 0 Å². The third kappa shape index (κ3) is 3.85. The van der Waals surface area contributed by atoms with Crippen LogP contribution >= 0.6 is 11.6 Å². The Hall–Kier alpha value is -2.28. The normalized spacial score (nSPS) is 11.2. The molecule has 1 aromatic carbocycles. The van der Waals surface area contributed by atoms with Gasteiger partial charge in [0.25, 0.3) is 5.91 Å². The summed E-state index contributed by atoms with van der Waals surface area (Å²) in [5.74, 6) is -0.712. The quantitative estimate of drug-likeness (QED) is 0.893. The van der Waals surface area contributed by atoms with Crippen LogP contribution in [0.5, 0.6) is 0 Å². The fourth-order valence-electron chi connectivity index (χ4n) is 1.61. The van der Waals surface area contributed by atoms with E-state index in [2.05, 4.69) is 10.3 Å². The van der Waals surface area contributed by atoms with Gasteiger partial charge < -0.3 is 10.3 Å². The lowest BCUT2D eigenvalue weighted by molar-refractivity contribution is -0.137. The second-order valence-electron chi connectivity index (χ2n) is 4.12. The summed E-state index contributed by atoms with van der Waals surface area (Å²) in [6, 6.07) is 5.06. The van der Waals surface area contributed by atoms with E-state index < -0.39 is 23.2 Å². The molecule has 1 aromatic heterocycles. The SMILES string of the molecule is O=C(Nc1cc(Cl)cc(C(F)(F)F)c1)c1cc[nH]c(=O)c1. The zero-order chi connectivity index (χ0) is 15.6. The number of carbonyl (C=O) groups is 1. The first kappa shape index (κ1) is 15.1. The number of nitrogens with one attached hydrogen (secondary N) is 2. The topological polar surface area (TPSA) is 62.0 Å². The molecule has 1 amide bonds. The van der Waals surface area contributed by atoms with Gasteiger partial charge in [0.2, 0.25) is 5.56 Å². The Morgan fingerprint density at radius 3 is 2.52 bits per heavy atom. The van der Waals surface area contributed by atoms with Crippen LogP contribution in [0.15, 0.2) is 41.3 Å². The first-order chi connectivity index (χ1) is 9.75. The van der Waals surface area contributed by atoms with Crippen LogP contribution < -0.4 is 10.9 Å². The molecule has 4 nitrogen and oxygen atoms in total. The van der Waals surface area contributed by atoms with Gasteiger partial charge in [-0.05, 0) is 24.3 Å². The number of hydrogen-bond donors (Lipinski definition) is 2. The second kappa shape index (κ2) is 5.61. The van der Waals surface area contributed by atoms with Gasteiger partial charge in [-0.15, -0.1) is 0 Å². The van der Waals surface area contributed by atoms with Crippen molar-refractivity contribution in [2.75, 3.05) is 5.32 Å². The number of carbonyl (C=O) groups excluding carboxylic acids is 1. The average Bonchev–Trinajstić information content (AvgIpc) is 2.37. The number of anilines is 1. The molecular weight excluding hydrogens is 309 g/mol. The molecule has 8 heteroatoms. The van der Waals surface area contributed by atoms with Crippen molar-refractivity contribution in [2.24, 2.45) is 0 Å². The van der Waals surface area contributed by atoms with Gasteiger partial charge >= 0.3 is 6.18 Å². The summed E-state index contributed by atoms with van der Waals surface area (Å²) in [6.07, 6.45) is -3.31. The predicted octanol–water partition coefficient (Wildman–Crippen LogP) is 3.30. The fourth-order valence-corrected chi connectivity index (χ4v) is 1.85. The molecule has 0 aliphatic heterocycles. The molecule has 0 saturated heterocycles. The number of benzene rings is 1. The Morgan fingerprint density at radius 1 is 1.19 bits per heavy atom. The number of aromatic amines is 1. The van der Waals surface area contributed by atoms with Crippen LogP contribution in [-0.4, -0.2) is 10.9 Å². The molecule has 0 aliphatic rings. The van der Waals surface area contributed by atoms with E-state index in [1.54, 1.807) is 0 Å². The molecule has 0 fully saturated rings. The summed E-state index contributed by atoms with van der Waals surface area (Å²) in [7, 11) is 0. The van der Waals surface area contributed by atoms with E-state index in [9.17, 15) is 22.8 Å². The van der Waals surface area contributed by atoms with E-state index in [1.165, 1.54) is 18.3 Å². The van der Waals surface area contributed by atoms with Crippen molar-refractivity contribution in [1.82, 2.24) is 4.98 Å². The molecule has 2 aromatic rings. The van der Waals surface area contributed by atoms with Crippen molar-refractivity contribution in [3.63, 3.8) is 0 Å². The minimum atomic E-state index is -4.58.